The molecule has 3 aromatic rings. The molecular weight excluding hydrogens is 342 g/mol. The van der Waals surface area contributed by atoms with Gasteiger partial charge >= 0.3 is 0 Å². The fraction of sp³-hybridized carbons (Fsp3) is 0.400. The Morgan fingerprint density at radius 3 is 2.96 bits per heavy atom. The first-order valence-electron chi connectivity index (χ1n) is 9.45. The average Bonchev–Trinajstić information content (AvgIpc) is 3.50. The summed E-state index contributed by atoms with van der Waals surface area (Å²) in [4.78, 5) is 23.5. The molecule has 0 aromatic carbocycles. The number of carbonyl (C=O) groups is 1. The van der Waals surface area contributed by atoms with E-state index in [9.17, 15) is 9.90 Å². The number of aryl methyl sites for hydroxylation is 1. The molecule has 7 heteroatoms. The van der Waals surface area contributed by atoms with E-state index in [-0.39, 0.29) is 5.91 Å². The second kappa shape index (κ2) is 6.42. The molecule has 0 bridgehead atoms. The predicted octanol–water partition coefficient (Wildman–Crippen LogP) is 2.32. The topological polar surface area (TPSA) is 84.1 Å². The molecule has 1 saturated carbocycles. The lowest BCUT2D eigenvalue weighted by molar-refractivity contribution is 0.0740. The molecule has 4 heterocycles. The minimum atomic E-state index is -0.484. The van der Waals surface area contributed by atoms with E-state index < -0.39 is 6.10 Å². The summed E-state index contributed by atoms with van der Waals surface area (Å²) in [5.74, 6) is 0.248. The van der Waals surface area contributed by atoms with E-state index in [1.807, 2.05) is 33.8 Å². The third-order valence-electron chi connectivity index (χ3n) is 5.37. The smallest absolute Gasteiger partial charge is 0.272 e. The predicted molar refractivity (Wildman–Crippen MR) is 98.8 cm³/mol. The summed E-state index contributed by atoms with van der Waals surface area (Å²) in [5, 5.41) is 15.9. The van der Waals surface area contributed by atoms with Crippen molar-refractivity contribution in [2.45, 2.75) is 38.5 Å². The normalized spacial score (nSPS) is 18.2. The van der Waals surface area contributed by atoms with Crippen molar-refractivity contribution in [1.82, 2.24) is 24.6 Å². The van der Waals surface area contributed by atoms with Crippen molar-refractivity contribution in [3.8, 4) is 0 Å². The molecule has 1 amide bonds. The monoisotopic (exact) mass is 363 g/mol. The van der Waals surface area contributed by atoms with Gasteiger partial charge in [0.2, 0.25) is 0 Å². The van der Waals surface area contributed by atoms with Gasteiger partial charge in [-0.25, -0.2) is 9.97 Å². The number of amides is 1. The van der Waals surface area contributed by atoms with E-state index in [1.165, 1.54) is 0 Å². The Morgan fingerprint density at radius 2 is 2.11 bits per heavy atom. The Hall–Kier alpha value is -2.80. The van der Waals surface area contributed by atoms with Crippen LogP contribution in [0.25, 0.3) is 11.0 Å². The Morgan fingerprint density at radius 1 is 1.22 bits per heavy atom. The summed E-state index contributed by atoms with van der Waals surface area (Å²) in [6.45, 7) is 1.89. The Bertz CT molecular complexity index is 1010. The van der Waals surface area contributed by atoms with Crippen LogP contribution in [-0.4, -0.2) is 42.2 Å². The molecular formula is C20H21N5O2. The molecule has 138 valence electrons. The zero-order valence-electron chi connectivity index (χ0n) is 15.0. The maximum Gasteiger partial charge on any atom is 0.272 e. The van der Waals surface area contributed by atoms with E-state index in [1.54, 1.807) is 12.3 Å². The first-order chi connectivity index (χ1) is 13.2. The third-order valence-corrected chi connectivity index (χ3v) is 5.37. The number of fused-ring (bicyclic) bond motifs is 2. The van der Waals surface area contributed by atoms with E-state index >= 15 is 0 Å². The van der Waals surface area contributed by atoms with Crippen molar-refractivity contribution in [3.63, 3.8) is 0 Å². The first-order valence-corrected chi connectivity index (χ1v) is 9.45. The SMILES string of the molecule is O=C(c1ccc2cccnc2n1)N1CCCn2nc([C@H](O)C3CC3)cc2C1. The van der Waals surface area contributed by atoms with Gasteiger partial charge in [0.1, 0.15) is 11.8 Å². The van der Waals surface area contributed by atoms with Gasteiger partial charge in [-0.1, -0.05) is 0 Å². The van der Waals surface area contributed by atoms with Gasteiger partial charge in [-0.3, -0.25) is 9.48 Å². The number of hydrogen-bond donors (Lipinski definition) is 1. The lowest BCUT2D eigenvalue weighted by atomic mass is 10.1. The zero-order chi connectivity index (χ0) is 18.4. The van der Waals surface area contributed by atoms with Crippen LogP contribution in [0, 0.1) is 5.92 Å². The van der Waals surface area contributed by atoms with Crippen molar-refractivity contribution >= 4 is 16.9 Å². The zero-order valence-corrected chi connectivity index (χ0v) is 15.0. The highest BCUT2D eigenvalue weighted by Gasteiger charge is 2.33. The number of rotatable bonds is 3. The van der Waals surface area contributed by atoms with Crippen molar-refractivity contribution in [3.05, 3.63) is 53.6 Å². The molecule has 2 aliphatic rings. The van der Waals surface area contributed by atoms with Crippen molar-refractivity contribution in [2.75, 3.05) is 6.54 Å². The van der Waals surface area contributed by atoms with Crippen LogP contribution in [0.1, 0.15) is 47.2 Å². The molecule has 27 heavy (non-hydrogen) atoms. The molecule has 1 fully saturated rings. The van der Waals surface area contributed by atoms with Crippen LogP contribution in [0.2, 0.25) is 0 Å². The second-order valence-electron chi connectivity index (χ2n) is 7.39. The fourth-order valence-electron chi connectivity index (χ4n) is 3.69. The molecule has 1 atom stereocenters. The minimum absolute atomic E-state index is 0.0958. The number of carbonyl (C=O) groups excluding carboxylic acids is 1. The number of aliphatic hydroxyl groups excluding tert-OH is 1. The molecule has 0 saturated heterocycles. The summed E-state index contributed by atoms with van der Waals surface area (Å²) >= 11 is 0. The van der Waals surface area contributed by atoms with Crippen LogP contribution in [0.15, 0.2) is 36.5 Å². The Balaban J connectivity index is 1.40. The molecule has 1 aliphatic carbocycles. The van der Waals surface area contributed by atoms with Gasteiger partial charge in [0.15, 0.2) is 5.65 Å². The van der Waals surface area contributed by atoms with Gasteiger partial charge in [-0.15, -0.1) is 0 Å². The van der Waals surface area contributed by atoms with Gasteiger partial charge in [-0.2, -0.15) is 5.10 Å². The molecule has 1 aliphatic heterocycles. The van der Waals surface area contributed by atoms with E-state index in [4.69, 9.17) is 0 Å². The largest absolute Gasteiger partial charge is 0.386 e. The Labute approximate surface area is 156 Å². The van der Waals surface area contributed by atoms with Crippen molar-refractivity contribution in [1.29, 1.82) is 0 Å². The van der Waals surface area contributed by atoms with Crippen LogP contribution in [0.4, 0.5) is 0 Å². The summed E-state index contributed by atoms with van der Waals surface area (Å²) in [7, 11) is 0. The summed E-state index contributed by atoms with van der Waals surface area (Å²) in [6.07, 6.45) is 4.15. The van der Waals surface area contributed by atoms with E-state index in [2.05, 4.69) is 15.1 Å². The van der Waals surface area contributed by atoms with Crippen LogP contribution in [0.5, 0.6) is 0 Å². The average molecular weight is 363 g/mol. The molecule has 7 nitrogen and oxygen atoms in total. The van der Waals surface area contributed by atoms with Gasteiger partial charge in [0.05, 0.1) is 17.9 Å². The molecule has 1 N–H and O–H groups in total. The maximum absolute atomic E-state index is 13.0. The lowest BCUT2D eigenvalue weighted by Crippen LogP contribution is -2.31. The highest BCUT2D eigenvalue weighted by atomic mass is 16.3. The second-order valence-corrected chi connectivity index (χ2v) is 7.39. The Kier molecular flexibility index (Phi) is 3.89. The molecule has 0 spiro atoms. The van der Waals surface area contributed by atoms with Crippen LogP contribution < -0.4 is 0 Å². The third kappa shape index (κ3) is 3.08. The van der Waals surface area contributed by atoms with Crippen molar-refractivity contribution in [2.24, 2.45) is 5.92 Å². The lowest BCUT2D eigenvalue weighted by Gasteiger charge is -2.19. The standard InChI is InChI=1S/C20H21N5O2/c26-18(13-4-5-13)17-11-15-12-24(9-2-10-25(15)23-17)20(27)16-7-6-14-3-1-8-21-19(14)22-16/h1,3,6-8,11,13,18,26H,2,4-5,9-10,12H2/t18-/m1/s1. The van der Waals surface area contributed by atoms with Crippen LogP contribution >= 0.6 is 0 Å². The molecule has 0 radical (unpaired) electrons. The van der Waals surface area contributed by atoms with Gasteiger partial charge in [-0.05, 0) is 55.5 Å². The first kappa shape index (κ1) is 16.4. The number of aliphatic hydroxyl groups is 1. The highest BCUT2D eigenvalue weighted by Crippen LogP contribution is 2.40. The van der Waals surface area contributed by atoms with Crippen LogP contribution in [0.3, 0.4) is 0 Å². The van der Waals surface area contributed by atoms with Crippen molar-refractivity contribution < 1.29 is 9.90 Å². The number of hydrogen-bond acceptors (Lipinski definition) is 5. The molecule has 3 aromatic heterocycles. The number of pyridine rings is 2. The van der Waals surface area contributed by atoms with E-state index in [0.717, 1.165) is 42.6 Å². The number of aromatic nitrogens is 4. The van der Waals surface area contributed by atoms with Gasteiger partial charge < -0.3 is 10.0 Å². The van der Waals surface area contributed by atoms with Gasteiger partial charge in [0, 0.05) is 24.7 Å². The van der Waals surface area contributed by atoms with E-state index in [0.29, 0.717) is 30.3 Å². The van der Waals surface area contributed by atoms with Gasteiger partial charge in [0.25, 0.3) is 5.91 Å². The summed E-state index contributed by atoms with van der Waals surface area (Å²) < 4.78 is 1.93. The fourth-order valence-corrected chi connectivity index (χ4v) is 3.69. The summed E-state index contributed by atoms with van der Waals surface area (Å²) in [6, 6.07) is 9.38. The number of nitrogens with zero attached hydrogens (tertiary/aromatic N) is 5. The molecule has 0 unspecified atom stereocenters. The summed E-state index contributed by atoms with van der Waals surface area (Å²) in [5.41, 5.74) is 2.69. The quantitative estimate of drug-likeness (QED) is 0.772. The minimum Gasteiger partial charge on any atom is -0.386 e. The highest BCUT2D eigenvalue weighted by molar-refractivity contribution is 5.94. The van der Waals surface area contributed by atoms with Crippen LogP contribution in [-0.2, 0) is 13.1 Å². The maximum atomic E-state index is 13.0. The molecule has 5 rings (SSSR count).